The minimum Gasteiger partial charge on any atom is -0.359 e. The molecule has 0 saturated heterocycles. The van der Waals surface area contributed by atoms with Gasteiger partial charge in [0, 0.05) is 13.5 Å². The third kappa shape index (κ3) is 2.84. The Morgan fingerprint density at radius 1 is 1.53 bits per heavy atom. The van der Waals surface area contributed by atoms with E-state index >= 15 is 0 Å². The van der Waals surface area contributed by atoms with E-state index in [9.17, 15) is 9.18 Å². The molecule has 0 radical (unpaired) electrons. The van der Waals surface area contributed by atoms with Crippen molar-refractivity contribution in [2.45, 2.75) is 32.1 Å². The van der Waals surface area contributed by atoms with E-state index in [1.54, 1.807) is 14.0 Å². The molecule has 1 atom stereocenters. The van der Waals surface area contributed by atoms with Gasteiger partial charge in [-0.15, -0.1) is 0 Å². The van der Waals surface area contributed by atoms with Gasteiger partial charge in [-0.3, -0.25) is 4.79 Å². The molecule has 1 aromatic rings. The number of benzene rings is 1. The van der Waals surface area contributed by atoms with Gasteiger partial charge in [-0.1, -0.05) is 12.1 Å². The van der Waals surface area contributed by atoms with E-state index in [1.807, 2.05) is 12.1 Å². The Balaban J connectivity index is 2.20. The highest BCUT2D eigenvalue weighted by atomic mass is 19.1. The van der Waals surface area contributed by atoms with E-state index < -0.39 is 0 Å². The van der Waals surface area contributed by atoms with Crippen LogP contribution < -0.4 is 5.32 Å². The Kier molecular flexibility index (Phi) is 3.46. The molecular formula is C14H18FNO. The molecular weight excluding hydrogens is 217 g/mol. The van der Waals surface area contributed by atoms with Crippen molar-refractivity contribution in [3.05, 3.63) is 35.1 Å². The predicted molar refractivity (Wildman–Crippen MR) is 65.3 cm³/mol. The first-order chi connectivity index (χ1) is 8.11. The van der Waals surface area contributed by atoms with Crippen molar-refractivity contribution in [1.29, 1.82) is 0 Å². The summed E-state index contributed by atoms with van der Waals surface area (Å²) in [6, 6.07) is 5.19. The Bertz CT molecular complexity index is 426. The normalized spacial score (nSPS) is 16.6. The van der Waals surface area contributed by atoms with Gasteiger partial charge in [-0.25, -0.2) is 4.39 Å². The summed E-state index contributed by atoms with van der Waals surface area (Å²) >= 11 is 0. The molecule has 1 N–H and O–H groups in total. The zero-order valence-electron chi connectivity index (χ0n) is 10.3. The number of nitrogens with one attached hydrogen (secondary N) is 1. The maximum absolute atomic E-state index is 13.2. The molecule has 0 spiro atoms. The fourth-order valence-corrected chi connectivity index (χ4v) is 2.26. The summed E-state index contributed by atoms with van der Waals surface area (Å²) in [5.74, 6) is 0.721. The standard InChI is InChI=1S/C14H18FNO/c1-9-7-11(5-6-13(9)15)12(10-3-4-10)8-14(17)16-2/h5-7,10,12H,3-4,8H2,1-2H3,(H,16,17). The predicted octanol–water partition coefficient (Wildman–Crippen LogP) is 2.76. The van der Waals surface area contributed by atoms with Crippen LogP contribution in [0.15, 0.2) is 18.2 Å². The molecule has 1 amide bonds. The topological polar surface area (TPSA) is 29.1 Å². The summed E-state index contributed by atoms with van der Waals surface area (Å²) in [6.07, 6.45) is 2.86. The molecule has 1 unspecified atom stereocenters. The fourth-order valence-electron chi connectivity index (χ4n) is 2.26. The Morgan fingerprint density at radius 3 is 2.76 bits per heavy atom. The van der Waals surface area contributed by atoms with Crippen LogP contribution in [0, 0.1) is 18.7 Å². The first-order valence-corrected chi connectivity index (χ1v) is 6.08. The Hall–Kier alpha value is -1.38. The largest absolute Gasteiger partial charge is 0.359 e. The van der Waals surface area contributed by atoms with Crippen molar-refractivity contribution in [3.63, 3.8) is 0 Å². The van der Waals surface area contributed by atoms with Crippen molar-refractivity contribution in [2.75, 3.05) is 7.05 Å². The lowest BCUT2D eigenvalue weighted by atomic mass is 9.89. The zero-order chi connectivity index (χ0) is 12.4. The molecule has 0 bridgehead atoms. The molecule has 0 aromatic heterocycles. The summed E-state index contributed by atoms with van der Waals surface area (Å²) in [5.41, 5.74) is 1.75. The minimum atomic E-state index is -0.178. The zero-order valence-corrected chi connectivity index (χ0v) is 10.3. The second-order valence-corrected chi connectivity index (χ2v) is 4.83. The van der Waals surface area contributed by atoms with Crippen LogP contribution in [0.25, 0.3) is 0 Å². The second kappa shape index (κ2) is 4.86. The quantitative estimate of drug-likeness (QED) is 0.854. The Morgan fingerprint density at radius 2 is 2.24 bits per heavy atom. The number of carbonyl (C=O) groups is 1. The minimum absolute atomic E-state index is 0.0591. The lowest BCUT2D eigenvalue weighted by Crippen LogP contribution is -2.21. The van der Waals surface area contributed by atoms with Crippen LogP contribution in [-0.2, 0) is 4.79 Å². The van der Waals surface area contributed by atoms with Crippen LogP contribution in [0.1, 0.15) is 36.3 Å². The SMILES string of the molecule is CNC(=O)CC(c1ccc(F)c(C)c1)C1CC1. The van der Waals surface area contributed by atoms with E-state index in [1.165, 1.54) is 18.9 Å². The van der Waals surface area contributed by atoms with Gasteiger partial charge < -0.3 is 5.32 Å². The maximum atomic E-state index is 13.2. The van der Waals surface area contributed by atoms with Crippen LogP contribution in [0.3, 0.4) is 0 Å². The van der Waals surface area contributed by atoms with Crippen LogP contribution >= 0.6 is 0 Å². The lowest BCUT2D eigenvalue weighted by Gasteiger charge is -2.16. The molecule has 3 heteroatoms. The number of halogens is 1. The molecule has 1 aliphatic rings. The summed E-state index contributed by atoms with van der Waals surface area (Å²) < 4.78 is 13.2. The van der Waals surface area contributed by atoms with Crippen molar-refractivity contribution >= 4 is 5.91 Å². The molecule has 92 valence electrons. The van der Waals surface area contributed by atoms with Gasteiger partial charge in [0.2, 0.25) is 5.91 Å². The lowest BCUT2D eigenvalue weighted by molar-refractivity contribution is -0.121. The molecule has 17 heavy (non-hydrogen) atoms. The molecule has 1 aromatic carbocycles. The number of hydrogen-bond donors (Lipinski definition) is 1. The molecule has 1 fully saturated rings. The highest BCUT2D eigenvalue weighted by Gasteiger charge is 2.33. The van der Waals surface area contributed by atoms with Crippen molar-refractivity contribution < 1.29 is 9.18 Å². The average Bonchev–Trinajstić information content (AvgIpc) is 3.13. The van der Waals surface area contributed by atoms with E-state index in [0.717, 1.165) is 5.56 Å². The summed E-state index contributed by atoms with van der Waals surface area (Å²) in [7, 11) is 1.65. The van der Waals surface area contributed by atoms with E-state index in [2.05, 4.69) is 5.32 Å². The van der Waals surface area contributed by atoms with Crippen molar-refractivity contribution in [2.24, 2.45) is 5.92 Å². The number of carbonyl (C=O) groups excluding carboxylic acids is 1. The average molecular weight is 235 g/mol. The molecule has 2 rings (SSSR count). The highest BCUT2D eigenvalue weighted by molar-refractivity contribution is 5.76. The van der Waals surface area contributed by atoms with Crippen LogP contribution in [0.5, 0.6) is 0 Å². The van der Waals surface area contributed by atoms with Gasteiger partial charge in [0.05, 0.1) is 0 Å². The smallest absolute Gasteiger partial charge is 0.220 e. The number of hydrogen-bond acceptors (Lipinski definition) is 1. The monoisotopic (exact) mass is 235 g/mol. The van der Waals surface area contributed by atoms with Gasteiger partial charge in [-0.2, -0.15) is 0 Å². The molecule has 1 saturated carbocycles. The maximum Gasteiger partial charge on any atom is 0.220 e. The third-order valence-corrected chi connectivity index (χ3v) is 3.49. The molecule has 0 aliphatic heterocycles. The summed E-state index contributed by atoms with van der Waals surface area (Å²) in [5, 5.41) is 2.66. The summed E-state index contributed by atoms with van der Waals surface area (Å²) in [4.78, 5) is 11.5. The van der Waals surface area contributed by atoms with Gasteiger partial charge in [0.25, 0.3) is 0 Å². The highest BCUT2D eigenvalue weighted by Crippen LogP contribution is 2.44. The van der Waals surface area contributed by atoms with Crippen molar-refractivity contribution in [1.82, 2.24) is 5.32 Å². The van der Waals surface area contributed by atoms with E-state index in [-0.39, 0.29) is 17.6 Å². The van der Waals surface area contributed by atoms with E-state index in [0.29, 0.717) is 17.9 Å². The van der Waals surface area contributed by atoms with E-state index in [4.69, 9.17) is 0 Å². The van der Waals surface area contributed by atoms with Crippen LogP contribution in [0.2, 0.25) is 0 Å². The van der Waals surface area contributed by atoms with Gasteiger partial charge in [-0.05, 0) is 48.8 Å². The van der Waals surface area contributed by atoms with Crippen LogP contribution in [-0.4, -0.2) is 13.0 Å². The molecule has 2 nitrogen and oxygen atoms in total. The Labute approximate surface area is 101 Å². The van der Waals surface area contributed by atoms with Gasteiger partial charge in [0.1, 0.15) is 5.82 Å². The van der Waals surface area contributed by atoms with Crippen LogP contribution in [0.4, 0.5) is 4.39 Å². The third-order valence-electron chi connectivity index (χ3n) is 3.49. The fraction of sp³-hybridized carbons (Fsp3) is 0.500. The van der Waals surface area contributed by atoms with Gasteiger partial charge >= 0.3 is 0 Å². The number of aryl methyl sites for hydroxylation is 1. The molecule has 0 heterocycles. The van der Waals surface area contributed by atoms with Crippen molar-refractivity contribution in [3.8, 4) is 0 Å². The van der Waals surface area contributed by atoms with Gasteiger partial charge in [0.15, 0.2) is 0 Å². The number of rotatable bonds is 4. The first kappa shape index (κ1) is 12.1. The second-order valence-electron chi connectivity index (χ2n) is 4.83. The summed E-state index contributed by atoms with van der Waals surface area (Å²) in [6.45, 7) is 1.77. The first-order valence-electron chi connectivity index (χ1n) is 6.08. The number of amides is 1. The molecule has 1 aliphatic carbocycles.